The van der Waals surface area contributed by atoms with E-state index in [0.717, 1.165) is 15.8 Å². The minimum absolute atomic E-state index is 0.0921. The van der Waals surface area contributed by atoms with Gasteiger partial charge < -0.3 is 0 Å². The van der Waals surface area contributed by atoms with Gasteiger partial charge in [-0.25, -0.2) is 18.3 Å². The number of Topliss-reactive ketones (excluding diaryl/α,β-unsaturated/α-hetero) is 1. The number of carbonyl (C=O) groups excluding carboxylic acids is 1. The van der Waals surface area contributed by atoms with Crippen LogP contribution in [0.4, 0.5) is 4.39 Å². The van der Waals surface area contributed by atoms with E-state index in [9.17, 15) is 18.8 Å². The second kappa shape index (κ2) is 8.22. The van der Waals surface area contributed by atoms with E-state index in [-0.39, 0.29) is 36.0 Å². The molecule has 5 rings (SSSR count). The van der Waals surface area contributed by atoms with Crippen LogP contribution in [0.25, 0.3) is 16.7 Å². The Morgan fingerprint density at radius 3 is 2.47 bits per heavy atom. The van der Waals surface area contributed by atoms with Gasteiger partial charge in [0.2, 0.25) is 5.78 Å². The van der Waals surface area contributed by atoms with Crippen molar-refractivity contribution in [3.8, 4) is 0 Å². The van der Waals surface area contributed by atoms with E-state index >= 15 is 0 Å². The van der Waals surface area contributed by atoms with Crippen LogP contribution in [0.2, 0.25) is 0 Å². The topological polar surface area (TPSA) is 78.4 Å². The third-order valence-corrected chi connectivity index (χ3v) is 5.92. The normalized spacial score (nSPS) is 11.4. The van der Waals surface area contributed by atoms with E-state index in [1.165, 1.54) is 21.1 Å². The fraction of sp³-hybridized carbons (Fsp3) is 0.154. The number of aromatic nitrogens is 4. The monoisotopic (exact) mass is 456 g/mol. The second-order valence-corrected chi connectivity index (χ2v) is 8.35. The maximum Gasteiger partial charge on any atom is 0.352 e. The van der Waals surface area contributed by atoms with E-state index < -0.39 is 5.69 Å². The molecule has 0 atom stereocenters. The van der Waals surface area contributed by atoms with Crippen LogP contribution in [0.3, 0.4) is 0 Å². The maximum atomic E-state index is 13.4. The largest absolute Gasteiger partial charge is 0.352 e. The molecule has 34 heavy (non-hydrogen) atoms. The van der Waals surface area contributed by atoms with E-state index in [1.54, 1.807) is 42.5 Å². The third kappa shape index (κ3) is 3.63. The summed E-state index contributed by atoms with van der Waals surface area (Å²) in [5, 5.41) is 4.74. The fourth-order valence-corrected chi connectivity index (χ4v) is 4.14. The number of hydrogen-bond donors (Lipinski definition) is 0. The van der Waals surface area contributed by atoms with Gasteiger partial charge in [0.25, 0.3) is 5.56 Å². The average Bonchev–Trinajstić information content (AvgIpc) is 3.15. The van der Waals surface area contributed by atoms with Gasteiger partial charge in [-0.15, -0.1) is 5.10 Å². The number of benzene rings is 3. The zero-order valence-electron chi connectivity index (χ0n) is 18.7. The molecular weight excluding hydrogens is 435 g/mol. The molecule has 0 bridgehead atoms. The van der Waals surface area contributed by atoms with Crippen LogP contribution in [-0.4, -0.2) is 24.5 Å². The number of ketones is 1. The summed E-state index contributed by atoms with van der Waals surface area (Å²) < 4.78 is 17.2. The minimum atomic E-state index is -0.516. The highest BCUT2D eigenvalue weighted by Crippen LogP contribution is 2.15. The molecule has 0 radical (unpaired) electrons. The molecular formula is C26H21FN4O3. The Morgan fingerprint density at radius 1 is 0.971 bits per heavy atom. The van der Waals surface area contributed by atoms with Crippen LogP contribution in [-0.2, 0) is 13.1 Å². The Hall–Kier alpha value is -4.33. The Balaban J connectivity index is 1.69. The molecule has 3 aromatic carbocycles. The molecule has 5 aromatic rings. The van der Waals surface area contributed by atoms with Gasteiger partial charge in [0.15, 0.2) is 5.78 Å². The first-order chi connectivity index (χ1) is 16.3. The highest BCUT2D eigenvalue weighted by atomic mass is 19.1. The molecule has 0 amide bonds. The van der Waals surface area contributed by atoms with Crippen molar-refractivity contribution in [2.24, 2.45) is 0 Å². The predicted molar refractivity (Wildman–Crippen MR) is 127 cm³/mol. The van der Waals surface area contributed by atoms with Gasteiger partial charge >= 0.3 is 5.69 Å². The van der Waals surface area contributed by atoms with Crippen molar-refractivity contribution < 1.29 is 9.18 Å². The van der Waals surface area contributed by atoms with E-state index in [4.69, 9.17) is 0 Å². The molecule has 0 saturated carbocycles. The fourth-order valence-electron chi connectivity index (χ4n) is 4.14. The summed E-state index contributed by atoms with van der Waals surface area (Å²) in [6.45, 7) is 3.57. The smallest absolute Gasteiger partial charge is 0.292 e. The van der Waals surface area contributed by atoms with E-state index in [1.807, 2.05) is 26.0 Å². The van der Waals surface area contributed by atoms with Gasteiger partial charge in [-0.05, 0) is 55.3 Å². The number of fused-ring (bicyclic) bond motifs is 3. The number of para-hydroxylation sites is 1. The van der Waals surface area contributed by atoms with Gasteiger partial charge in [-0.1, -0.05) is 42.0 Å². The van der Waals surface area contributed by atoms with Crippen molar-refractivity contribution in [1.29, 1.82) is 0 Å². The van der Waals surface area contributed by atoms with Gasteiger partial charge in [0.05, 0.1) is 17.4 Å². The van der Waals surface area contributed by atoms with Crippen LogP contribution in [0.1, 0.15) is 27.0 Å². The SMILES string of the molecule is Cc1ccc(C)c(C(=O)Cn2nc3n(Cc4ccc(F)cc4)c(=O)c4ccccc4n3c2=O)c1. The van der Waals surface area contributed by atoms with Crippen molar-refractivity contribution in [3.63, 3.8) is 0 Å². The summed E-state index contributed by atoms with van der Waals surface area (Å²) in [6.07, 6.45) is 0. The molecule has 0 aliphatic rings. The van der Waals surface area contributed by atoms with Crippen molar-refractivity contribution in [2.45, 2.75) is 26.9 Å². The van der Waals surface area contributed by atoms with Crippen molar-refractivity contribution in [1.82, 2.24) is 18.7 Å². The first-order valence-corrected chi connectivity index (χ1v) is 10.8. The van der Waals surface area contributed by atoms with Gasteiger partial charge in [0, 0.05) is 5.56 Å². The molecule has 0 spiro atoms. The Bertz CT molecular complexity index is 1690. The third-order valence-electron chi connectivity index (χ3n) is 5.92. The number of hydrogen-bond acceptors (Lipinski definition) is 4. The van der Waals surface area contributed by atoms with Crippen molar-refractivity contribution in [2.75, 3.05) is 0 Å². The molecule has 7 nitrogen and oxygen atoms in total. The van der Waals surface area contributed by atoms with Crippen LogP contribution >= 0.6 is 0 Å². The van der Waals surface area contributed by atoms with E-state index in [0.29, 0.717) is 22.0 Å². The Morgan fingerprint density at radius 2 is 1.71 bits per heavy atom. The van der Waals surface area contributed by atoms with Crippen LogP contribution < -0.4 is 11.2 Å². The van der Waals surface area contributed by atoms with Crippen LogP contribution in [0.15, 0.2) is 76.3 Å². The Kier molecular flexibility index (Phi) is 5.20. The van der Waals surface area contributed by atoms with Crippen molar-refractivity contribution >= 4 is 22.5 Å². The molecule has 0 aliphatic heterocycles. The zero-order valence-corrected chi connectivity index (χ0v) is 18.7. The minimum Gasteiger partial charge on any atom is -0.292 e. The van der Waals surface area contributed by atoms with Crippen LogP contribution in [0.5, 0.6) is 0 Å². The summed E-state index contributed by atoms with van der Waals surface area (Å²) in [4.78, 5) is 39.7. The lowest BCUT2D eigenvalue weighted by molar-refractivity contribution is 0.0965. The molecule has 170 valence electrons. The highest BCUT2D eigenvalue weighted by molar-refractivity contribution is 5.97. The molecule has 2 aromatic heterocycles. The van der Waals surface area contributed by atoms with Crippen LogP contribution in [0, 0.1) is 19.7 Å². The number of nitrogens with zero attached hydrogens (tertiary/aromatic N) is 4. The summed E-state index contributed by atoms with van der Waals surface area (Å²) in [5.74, 6) is -0.513. The molecule has 0 aliphatic carbocycles. The first-order valence-electron chi connectivity index (χ1n) is 10.8. The number of aryl methyl sites for hydroxylation is 2. The lowest BCUT2D eigenvalue weighted by Gasteiger charge is -2.09. The first kappa shape index (κ1) is 21.5. The summed E-state index contributed by atoms with van der Waals surface area (Å²) in [5.41, 5.74) is 2.52. The summed E-state index contributed by atoms with van der Waals surface area (Å²) in [7, 11) is 0. The zero-order chi connectivity index (χ0) is 24.0. The molecule has 2 heterocycles. The quantitative estimate of drug-likeness (QED) is 0.379. The highest BCUT2D eigenvalue weighted by Gasteiger charge is 2.20. The number of rotatable bonds is 5. The molecule has 8 heteroatoms. The summed E-state index contributed by atoms with van der Waals surface area (Å²) >= 11 is 0. The number of halogens is 1. The van der Waals surface area contributed by atoms with Gasteiger partial charge in [-0.3, -0.25) is 14.2 Å². The predicted octanol–water partition coefficient (Wildman–Crippen LogP) is 3.50. The standard InChI is InChI=1S/C26H21FN4O3/c1-16-7-8-17(2)21(13-16)23(32)15-30-26(34)31-22-6-4-3-5-20(22)24(33)29(25(31)28-30)14-18-9-11-19(27)12-10-18/h3-13H,14-15H2,1-2H3. The van der Waals surface area contributed by atoms with E-state index in [2.05, 4.69) is 5.10 Å². The average molecular weight is 456 g/mol. The summed E-state index contributed by atoms with van der Waals surface area (Å²) in [6, 6.07) is 18.1. The van der Waals surface area contributed by atoms with Crippen molar-refractivity contribution in [3.05, 3.63) is 116 Å². The molecule has 0 saturated heterocycles. The van der Waals surface area contributed by atoms with Gasteiger partial charge in [0.1, 0.15) is 12.4 Å². The lowest BCUT2D eigenvalue weighted by atomic mass is 10.0. The maximum absolute atomic E-state index is 13.4. The Labute approximate surface area is 193 Å². The molecule has 0 fully saturated rings. The molecule has 0 N–H and O–H groups in total. The second-order valence-electron chi connectivity index (χ2n) is 8.35. The number of carbonyl (C=O) groups is 1. The van der Waals surface area contributed by atoms with Gasteiger partial charge in [-0.2, -0.15) is 0 Å². The lowest BCUT2D eigenvalue weighted by Crippen LogP contribution is -2.28. The molecule has 0 unspecified atom stereocenters.